The lowest BCUT2D eigenvalue weighted by molar-refractivity contribution is 0.152. The molecule has 0 atom stereocenters. The Hall–Kier alpha value is -3.10. The van der Waals surface area contributed by atoms with Gasteiger partial charge in [0.15, 0.2) is 0 Å². The highest BCUT2D eigenvalue weighted by atomic mass is 35.5. The standard InChI is InChI=1S/2C10H11ClN2O2/c2*1-2-15-10(14)13-12-7-8-3-5-9(11)6-4-8/h2*3-7H,2H2,1H3,(H,13,14)/b2*12-7+. The van der Waals surface area contributed by atoms with E-state index >= 15 is 0 Å². The molecule has 0 aromatic heterocycles. The Labute approximate surface area is 184 Å². The smallest absolute Gasteiger partial charge is 0.427 e. The summed E-state index contributed by atoms with van der Waals surface area (Å²) in [5, 5.41) is 8.71. The van der Waals surface area contributed by atoms with Gasteiger partial charge in [0.25, 0.3) is 0 Å². The Morgan fingerprint density at radius 1 is 0.767 bits per heavy atom. The van der Waals surface area contributed by atoms with Gasteiger partial charge in [0.1, 0.15) is 0 Å². The van der Waals surface area contributed by atoms with Gasteiger partial charge < -0.3 is 9.47 Å². The van der Waals surface area contributed by atoms with Crippen LogP contribution in [-0.4, -0.2) is 37.8 Å². The lowest BCUT2D eigenvalue weighted by atomic mass is 10.2. The molecule has 2 aromatic carbocycles. The SMILES string of the molecule is CCOC(=O)N/N=C/c1ccc(Cl)cc1.CCOC(=O)N/N=C/c1ccc(Cl)cc1. The van der Waals surface area contributed by atoms with E-state index in [1.54, 1.807) is 62.4 Å². The van der Waals surface area contributed by atoms with Crippen molar-refractivity contribution in [3.8, 4) is 0 Å². The zero-order valence-electron chi connectivity index (χ0n) is 16.5. The largest absolute Gasteiger partial charge is 0.449 e. The van der Waals surface area contributed by atoms with Crippen molar-refractivity contribution in [2.24, 2.45) is 10.2 Å². The van der Waals surface area contributed by atoms with Gasteiger partial charge in [-0.05, 0) is 49.2 Å². The van der Waals surface area contributed by atoms with Crippen LogP contribution in [0, 0.1) is 0 Å². The number of carbonyl (C=O) groups is 2. The minimum atomic E-state index is -0.567. The molecule has 2 amide bonds. The fourth-order valence-corrected chi connectivity index (χ4v) is 2.00. The van der Waals surface area contributed by atoms with Crippen molar-refractivity contribution in [1.29, 1.82) is 0 Å². The number of halogens is 2. The summed E-state index contributed by atoms with van der Waals surface area (Å²) in [6.45, 7) is 4.09. The molecule has 30 heavy (non-hydrogen) atoms. The molecular weight excluding hydrogens is 431 g/mol. The average molecular weight is 453 g/mol. The molecule has 0 aliphatic carbocycles. The third kappa shape index (κ3) is 11.7. The Bertz CT molecular complexity index is 769. The monoisotopic (exact) mass is 452 g/mol. The van der Waals surface area contributed by atoms with Gasteiger partial charge in [0.2, 0.25) is 0 Å². The van der Waals surface area contributed by atoms with Gasteiger partial charge in [0, 0.05) is 10.0 Å². The molecule has 2 rings (SSSR count). The predicted molar refractivity (Wildman–Crippen MR) is 118 cm³/mol. The number of hydrogen-bond donors (Lipinski definition) is 2. The highest BCUT2D eigenvalue weighted by Crippen LogP contribution is 2.08. The van der Waals surface area contributed by atoms with Crippen LogP contribution in [0.3, 0.4) is 0 Å². The van der Waals surface area contributed by atoms with Crippen LogP contribution >= 0.6 is 23.2 Å². The van der Waals surface area contributed by atoms with Crippen molar-refractivity contribution in [3.63, 3.8) is 0 Å². The first-order valence-corrected chi connectivity index (χ1v) is 9.63. The molecule has 0 aliphatic rings. The van der Waals surface area contributed by atoms with Crippen LogP contribution < -0.4 is 10.9 Å². The van der Waals surface area contributed by atoms with Gasteiger partial charge in [-0.2, -0.15) is 10.2 Å². The zero-order chi connectivity index (χ0) is 22.2. The first-order valence-electron chi connectivity index (χ1n) is 8.87. The fraction of sp³-hybridized carbons (Fsp3) is 0.200. The molecule has 0 fully saturated rings. The van der Waals surface area contributed by atoms with E-state index in [1.165, 1.54) is 12.4 Å². The zero-order valence-corrected chi connectivity index (χ0v) is 18.0. The van der Waals surface area contributed by atoms with Crippen molar-refractivity contribution < 1.29 is 19.1 Å². The summed E-state index contributed by atoms with van der Waals surface area (Å²) in [6.07, 6.45) is 1.88. The summed E-state index contributed by atoms with van der Waals surface area (Å²) in [4.78, 5) is 21.6. The lowest BCUT2D eigenvalue weighted by Gasteiger charge is -1.98. The third-order valence-corrected chi connectivity index (χ3v) is 3.53. The van der Waals surface area contributed by atoms with Crippen LogP contribution in [0.2, 0.25) is 10.0 Å². The van der Waals surface area contributed by atoms with Crippen molar-refractivity contribution in [3.05, 3.63) is 69.7 Å². The third-order valence-electron chi connectivity index (χ3n) is 3.03. The van der Waals surface area contributed by atoms with Crippen molar-refractivity contribution in [2.45, 2.75) is 13.8 Å². The number of rotatable bonds is 6. The van der Waals surface area contributed by atoms with Crippen molar-refractivity contribution in [2.75, 3.05) is 13.2 Å². The van der Waals surface area contributed by atoms with Gasteiger partial charge in [-0.1, -0.05) is 47.5 Å². The fourth-order valence-electron chi connectivity index (χ4n) is 1.74. The number of nitrogens with zero attached hydrogens (tertiary/aromatic N) is 2. The van der Waals surface area contributed by atoms with Crippen LogP contribution in [0.15, 0.2) is 58.7 Å². The average Bonchev–Trinajstić information content (AvgIpc) is 2.72. The van der Waals surface area contributed by atoms with Crippen molar-refractivity contribution >= 4 is 47.8 Å². The second-order valence-electron chi connectivity index (χ2n) is 5.28. The molecule has 0 saturated heterocycles. The molecule has 0 aliphatic heterocycles. The van der Waals surface area contributed by atoms with Crippen LogP contribution in [-0.2, 0) is 9.47 Å². The van der Waals surface area contributed by atoms with Crippen LogP contribution in [0.4, 0.5) is 9.59 Å². The predicted octanol–water partition coefficient (Wildman–Crippen LogP) is 4.84. The molecule has 0 saturated carbocycles. The Morgan fingerprint density at radius 2 is 1.10 bits per heavy atom. The molecule has 0 unspecified atom stereocenters. The molecule has 0 bridgehead atoms. The lowest BCUT2D eigenvalue weighted by Crippen LogP contribution is -2.18. The molecule has 0 heterocycles. The summed E-state index contributed by atoms with van der Waals surface area (Å²) < 4.78 is 9.23. The van der Waals surface area contributed by atoms with Gasteiger partial charge in [0.05, 0.1) is 25.6 Å². The topological polar surface area (TPSA) is 101 Å². The number of hydrogen-bond acceptors (Lipinski definition) is 6. The van der Waals surface area contributed by atoms with Gasteiger partial charge in [-0.25, -0.2) is 20.4 Å². The Kier molecular flexibility index (Phi) is 12.3. The van der Waals surface area contributed by atoms with Crippen LogP contribution in [0.1, 0.15) is 25.0 Å². The van der Waals surface area contributed by atoms with E-state index in [-0.39, 0.29) is 0 Å². The molecular formula is C20H22Cl2N4O4. The Morgan fingerprint density at radius 3 is 1.40 bits per heavy atom. The number of nitrogens with one attached hydrogen (secondary N) is 2. The highest BCUT2D eigenvalue weighted by molar-refractivity contribution is 6.30. The number of ether oxygens (including phenoxy) is 2. The molecule has 10 heteroatoms. The van der Waals surface area contributed by atoms with Gasteiger partial charge in [-0.15, -0.1) is 0 Å². The number of hydrazone groups is 2. The molecule has 0 spiro atoms. The molecule has 0 radical (unpaired) electrons. The number of benzene rings is 2. The minimum Gasteiger partial charge on any atom is -0.449 e. The normalized spacial score (nSPS) is 10.3. The summed E-state index contributed by atoms with van der Waals surface area (Å²) in [6, 6.07) is 14.1. The maximum atomic E-state index is 10.8. The Balaban J connectivity index is 0.000000300. The summed E-state index contributed by atoms with van der Waals surface area (Å²) in [5.74, 6) is 0. The molecule has 160 valence electrons. The van der Waals surface area contributed by atoms with Crippen LogP contribution in [0.25, 0.3) is 0 Å². The second-order valence-corrected chi connectivity index (χ2v) is 6.16. The van der Waals surface area contributed by atoms with E-state index in [9.17, 15) is 9.59 Å². The number of amides is 2. The minimum absolute atomic E-state index is 0.322. The molecule has 8 nitrogen and oxygen atoms in total. The first kappa shape index (κ1) is 24.9. The van der Waals surface area contributed by atoms with E-state index in [2.05, 4.69) is 30.5 Å². The van der Waals surface area contributed by atoms with E-state index in [0.717, 1.165) is 11.1 Å². The van der Waals surface area contributed by atoms with E-state index in [1.807, 2.05) is 0 Å². The quantitative estimate of drug-likeness (QED) is 0.483. The van der Waals surface area contributed by atoms with E-state index < -0.39 is 12.2 Å². The maximum absolute atomic E-state index is 10.8. The second kappa shape index (κ2) is 14.8. The molecule has 2 aromatic rings. The first-order chi connectivity index (χ1) is 14.4. The molecule has 2 N–H and O–H groups in total. The summed E-state index contributed by atoms with van der Waals surface area (Å²) in [7, 11) is 0. The summed E-state index contributed by atoms with van der Waals surface area (Å²) in [5.41, 5.74) is 6.13. The van der Waals surface area contributed by atoms with Crippen molar-refractivity contribution in [1.82, 2.24) is 10.9 Å². The van der Waals surface area contributed by atoms with E-state index in [0.29, 0.717) is 23.3 Å². The number of carbonyl (C=O) groups excluding carboxylic acids is 2. The van der Waals surface area contributed by atoms with E-state index in [4.69, 9.17) is 23.2 Å². The maximum Gasteiger partial charge on any atom is 0.427 e. The van der Waals surface area contributed by atoms with Crippen LogP contribution in [0.5, 0.6) is 0 Å². The van der Waals surface area contributed by atoms with Gasteiger partial charge in [-0.3, -0.25) is 0 Å². The summed E-state index contributed by atoms with van der Waals surface area (Å²) >= 11 is 11.4. The highest BCUT2D eigenvalue weighted by Gasteiger charge is 1.96. The van der Waals surface area contributed by atoms with Gasteiger partial charge >= 0.3 is 12.2 Å².